The van der Waals surface area contributed by atoms with Gasteiger partial charge < -0.3 is 15.0 Å². The van der Waals surface area contributed by atoms with Crippen molar-refractivity contribution in [1.29, 1.82) is 0 Å². The summed E-state index contributed by atoms with van der Waals surface area (Å²) in [5.74, 6) is 0.149. The van der Waals surface area contributed by atoms with Gasteiger partial charge in [0, 0.05) is 25.2 Å². The Kier molecular flexibility index (Phi) is 8.18. The fraction of sp³-hybridized carbons (Fsp3) is 0.464. The van der Waals surface area contributed by atoms with Gasteiger partial charge in [-0.3, -0.25) is 14.0 Å². The smallest absolute Gasteiger partial charge is 0.311 e. The van der Waals surface area contributed by atoms with Crippen LogP contribution in [0.3, 0.4) is 0 Å². The zero-order valence-corrected chi connectivity index (χ0v) is 21.1. The van der Waals surface area contributed by atoms with E-state index in [0.29, 0.717) is 22.9 Å². The molecule has 186 valence electrons. The van der Waals surface area contributed by atoms with Crippen LogP contribution in [0.1, 0.15) is 59.3 Å². The molecule has 0 aliphatic rings. The molecule has 0 amide bonds. The van der Waals surface area contributed by atoms with Gasteiger partial charge in [0.05, 0.1) is 27.3 Å². The van der Waals surface area contributed by atoms with Crippen LogP contribution in [0.2, 0.25) is 0 Å². The highest BCUT2D eigenvalue weighted by Gasteiger charge is 2.17. The van der Waals surface area contributed by atoms with Crippen LogP contribution in [-0.4, -0.2) is 46.4 Å². The molecular weight excluding hydrogens is 440 g/mol. The number of fused-ring (bicyclic) bond motifs is 2. The molecule has 35 heavy (non-hydrogen) atoms. The molecule has 2 aromatic carbocycles. The molecule has 7 heteroatoms. The van der Waals surface area contributed by atoms with Gasteiger partial charge in [-0.15, -0.1) is 0 Å². The summed E-state index contributed by atoms with van der Waals surface area (Å²) in [7, 11) is 0. The SMILES string of the molecule is CCCCCCCC(=O)Oc1ccc2c(c1)c(=O)c1c(NCCN(CC)CC)ccc3ncn2c31. The highest BCUT2D eigenvalue weighted by Crippen LogP contribution is 2.30. The topological polar surface area (TPSA) is 75.9 Å². The summed E-state index contributed by atoms with van der Waals surface area (Å²) in [5.41, 5.74) is 3.07. The number of hydrogen-bond acceptors (Lipinski definition) is 6. The van der Waals surface area contributed by atoms with Crippen LogP contribution in [0.15, 0.2) is 41.5 Å². The van der Waals surface area contributed by atoms with Crippen molar-refractivity contribution in [3.63, 3.8) is 0 Å². The normalized spacial score (nSPS) is 11.8. The quantitative estimate of drug-likeness (QED) is 0.120. The molecule has 4 rings (SSSR count). The van der Waals surface area contributed by atoms with E-state index < -0.39 is 0 Å². The molecule has 0 aliphatic carbocycles. The van der Waals surface area contributed by atoms with Crippen LogP contribution in [0, 0.1) is 0 Å². The maximum atomic E-state index is 13.7. The van der Waals surface area contributed by atoms with Crippen LogP contribution in [0.4, 0.5) is 5.69 Å². The number of pyridine rings is 1. The summed E-state index contributed by atoms with van der Waals surface area (Å²) in [6.07, 6.45) is 7.50. The Morgan fingerprint density at radius 1 is 1.06 bits per heavy atom. The second-order valence-electron chi connectivity index (χ2n) is 9.07. The van der Waals surface area contributed by atoms with Crippen molar-refractivity contribution in [2.24, 2.45) is 0 Å². The molecule has 0 atom stereocenters. The second-order valence-corrected chi connectivity index (χ2v) is 9.07. The summed E-state index contributed by atoms with van der Waals surface area (Å²) < 4.78 is 7.54. The maximum absolute atomic E-state index is 13.7. The lowest BCUT2D eigenvalue weighted by molar-refractivity contribution is -0.134. The lowest BCUT2D eigenvalue weighted by Gasteiger charge is -2.19. The Morgan fingerprint density at radius 2 is 1.86 bits per heavy atom. The van der Waals surface area contributed by atoms with Crippen molar-refractivity contribution in [2.45, 2.75) is 59.3 Å². The Labute approximate surface area is 206 Å². The molecular formula is C28H36N4O3. The van der Waals surface area contributed by atoms with Gasteiger partial charge in [-0.25, -0.2) is 4.98 Å². The Balaban J connectivity index is 1.62. The molecule has 0 bridgehead atoms. The van der Waals surface area contributed by atoms with E-state index in [1.165, 1.54) is 12.8 Å². The molecule has 0 radical (unpaired) electrons. The molecule has 0 aliphatic heterocycles. The van der Waals surface area contributed by atoms with Crippen molar-refractivity contribution >= 4 is 39.0 Å². The number of benzene rings is 2. The number of nitrogens with zero attached hydrogens (tertiary/aromatic N) is 3. The van der Waals surface area contributed by atoms with E-state index in [1.807, 2.05) is 22.6 Å². The molecule has 2 heterocycles. The van der Waals surface area contributed by atoms with E-state index in [1.54, 1.807) is 18.5 Å². The number of nitrogens with one attached hydrogen (secondary N) is 1. The highest BCUT2D eigenvalue weighted by molar-refractivity contribution is 6.07. The second kappa shape index (κ2) is 11.5. The van der Waals surface area contributed by atoms with Gasteiger partial charge >= 0.3 is 5.97 Å². The lowest BCUT2D eigenvalue weighted by Crippen LogP contribution is -2.28. The van der Waals surface area contributed by atoms with Gasteiger partial charge in [0.2, 0.25) is 0 Å². The minimum Gasteiger partial charge on any atom is -0.427 e. The number of rotatable bonds is 13. The van der Waals surface area contributed by atoms with E-state index in [9.17, 15) is 9.59 Å². The van der Waals surface area contributed by atoms with Crippen molar-refractivity contribution in [2.75, 3.05) is 31.5 Å². The van der Waals surface area contributed by atoms with Crippen LogP contribution < -0.4 is 15.5 Å². The van der Waals surface area contributed by atoms with E-state index >= 15 is 0 Å². The van der Waals surface area contributed by atoms with Crippen LogP contribution in [0.25, 0.3) is 27.3 Å². The molecule has 0 saturated heterocycles. The predicted octanol–water partition coefficient (Wildman–Crippen LogP) is 5.46. The largest absolute Gasteiger partial charge is 0.427 e. The van der Waals surface area contributed by atoms with E-state index in [2.05, 4.69) is 36.0 Å². The third-order valence-electron chi connectivity index (χ3n) is 6.76. The number of ether oxygens (including phenoxy) is 1. The Morgan fingerprint density at radius 3 is 2.63 bits per heavy atom. The van der Waals surface area contributed by atoms with E-state index in [0.717, 1.165) is 67.7 Å². The molecule has 2 aromatic heterocycles. The summed E-state index contributed by atoms with van der Waals surface area (Å²) in [4.78, 5) is 32.9. The number of likely N-dealkylation sites (N-methyl/N-ethyl adjacent to an activating group) is 1. The zero-order chi connectivity index (χ0) is 24.8. The number of anilines is 1. The van der Waals surface area contributed by atoms with Gasteiger partial charge in [0.15, 0.2) is 5.43 Å². The van der Waals surface area contributed by atoms with Gasteiger partial charge in [-0.1, -0.05) is 46.5 Å². The predicted molar refractivity (Wildman–Crippen MR) is 143 cm³/mol. The molecule has 0 fully saturated rings. The molecule has 4 aromatic rings. The third kappa shape index (κ3) is 5.40. The van der Waals surface area contributed by atoms with Crippen LogP contribution in [0.5, 0.6) is 5.75 Å². The monoisotopic (exact) mass is 476 g/mol. The maximum Gasteiger partial charge on any atom is 0.311 e. The zero-order valence-electron chi connectivity index (χ0n) is 21.1. The number of aromatic nitrogens is 2. The number of esters is 1. The number of unbranched alkanes of at least 4 members (excludes halogenated alkanes) is 4. The van der Waals surface area contributed by atoms with E-state index in [-0.39, 0.29) is 11.4 Å². The fourth-order valence-corrected chi connectivity index (χ4v) is 4.71. The highest BCUT2D eigenvalue weighted by atomic mass is 16.5. The first-order valence-electron chi connectivity index (χ1n) is 12.9. The van der Waals surface area contributed by atoms with Crippen molar-refractivity contribution < 1.29 is 9.53 Å². The number of carbonyl (C=O) groups excluding carboxylic acids is 1. The molecule has 0 spiro atoms. The van der Waals surface area contributed by atoms with Crippen LogP contribution >= 0.6 is 0 Å². The number of imidazole rings is 1. The average molecular weight is 477 g/mol. The van der Waals surface area contributed by atoms with Gasteiger partial charge in [0.1, 0.15) is 12.1 Å². The number of carbonyl (C=O) groups is 1. The van der Waals surface area contributed by atoms with Gasteiger partial charge in [-0.2, -0.15) is 0 Å². The van der Waals surface area contributed by atoms with Gasteiger partial charge in [0.25, 0.3) is 0 Å². The fourth-order valence-electron chi connectivity index (χ4n) is 4.71. The number of hydrogen-bond donors (Lipinski definition) is 1. The first kappa shape index (κ1) is 24.9. The molecule has 7 nitrogen and oxygen atoms in total. The summed E-state index contributed by atoms with van der Waals surface area (Å²) in [5, 5.41) is 4.60. The first-order valence-corrected chi connectivity index (χ1v) is 12.9. The van der Waals surface area contributed by atoms with Crippen molar-refractivity contribution in [1.82, 2.24) is 14.3 Å². The minimum absolute atomic E-state index is 0.0820. The third-order valence-corrected chi connectivity index (χ3v) is 6.76. The summed E-state index contributed by atoms with van der Waals surface area (Å²) in [6.45, 7) is 10.1. The summed E-state index contributed by atoms with van der Waals surface area (Å²) >= 11 is 0. The van der Waals surface area contributed by atoms with Gasteiger partial charge in [-0.05, 0) is 49.8 Å². The Hall–Kier alpha value is -3.19. The van der Waals surface area contributed by atoms with Crippen LogP contribution in [-0.2, 0) is 4.79 Å². The molecule has 0 saturated carbocycles. The van der Waals surface area contributed by atoms with E-state index in [4.69, 9.17) is 4.74 Å². The molecule has 1 N–H and O–H groups in total. The summed E-state index contributed by atoms with van der Waals surface area (Å²) in [6, 6.07) is 9.16. The first-order chi connectivity index (χ1) is 17.1. The minimum atomic E-state index is -0.256. The molecule has 0 unspecified atom stereocenters. The average Bonchev–Trinajstić information content (AvgIpc) is 3.30. The lowest BCUT2D eigenvalue weighted by atomic mass is 10.1. The Bertz CT molecular complexity index is 1340. The standard InChI is InChI=1S/C28H36N4O3/c1-4-7-8-9-10-11-25(33)35-20-12-15-24-21(18-20)28(34)26-22(29-16-17-31(5-2)6-3)13-14-23-27(26)32(24)19-30-23/h12-15,18-19,29H,4-11,16-17H2,1-3H3. The van der Waals surface area contributed by atoms with Crippen molar-refractivity contribution in [3.05, 3.63) is 46.9 Å². The van der Waals surface area contributed by atoms with Crippen molar-refractivity contribution in [3.8, 4) is 5.75 Å².